The molecule has 1 N–H and O–H groups in total. The third-order valence-corrected chi connectivity index (χ3v) is 3.74. The number of esters is 1. The van der Waals surface area contributed by atoms with Crippen LogP contribution in [0.2, 0.25) is 0 Å². The molecule has 0 aliphatic heterocycles. The molecular weight excluding hydrogens is 334 g/mol. The number of benzene rings is 2. The molecule has 0 unspecified atom stereocenters. The molecule has 0 saturated carbocycles. The van der Waals surface area contributed by atoms with Crippen LogP contribution in [-0.4, -0.2) is 19.0 Å². The van der Waals surface area contributed by atoms with Crippen molar-refractivity contribution in [2.24, 2.45) is 0 Å². The second-order valence-corrected chi connectivity index (χ2v) is 5.53. The summed E-state index contributed by atoms with van der Waals surface area (Å²) in [5.41, 5.74) is 1.64. The number of furan rings is 1. The molecule has 132 valence electrons. The number of amides is 1. The number of hydrogen-bond donors (Lipinski definition) is 1. The Morgan fingerprint density at radius 3 is 2.38 bits per heavy atom. The van der Waals surface area contributed by atoms with Crippen molar-refractivity contribution in [3.63, 3.8) is 0 Å². The van der Waals surface area contributed by atoms with E-state index in [0.29, 0.717) is 22.7 Å². The molecule has 2 aromatic carbocycles. The molecule has 3 aromatic rings. The van der Waals surface area contributed by atoms with Gasteiger partial charge >= 0.3 is 5.97 Å². The summed E-state index contributed by atoms with van der Waals surface area (Å²) in [4.78, 5) is 24.5. The molecule has 0 radical (unpaired) electrons. The van der Waals surface area contributed by atoms with Crippen LogP contribution in [0.25, 0.3) is 0 Å². The largest absolute Gasteiger partial charge is 0.497 e. The number of nitrogens with one attached hydrogen (secondary N) is 1. The Kier molecular flexibility index (Phi) is 5.03. The molecule has 3 rings (SSSR count). The summed E-state index contributed by atoms with van der Waals surface area (Å²) in [6.07, 6.45) is 1.42. The molecule has 1 amide bonds. The topological polar surface area (TPSA) is 77.8 Å². The number of rotatable bonds is 5. The van der Waals surface area contributed by atoms with E-state index >= 15 is 0 Å². The van der Waals surface area contributed by atoms with E-state index < -0.39 is 11.9 Å². The van der Waals surface area contributed by atoms with E-state index in [1.807, 2.05) is 6.92 Å². The molecule has 0 fully saturated rings. The van der Waals surface area contributed by atoms with E-state index in [0.717, 1.165) is 5.56 Å². The highest BCUT2D eigenvalue weighted by atomic mass is 16.5. The van der Waals surface area contributed by atoms with Gasteiger partial charge in [-0.25, -0.2) is 4.79 Å². The monoisotopic (exact) mass is 351 g/mol. The summed E-state index contributed by atoms with van der Waals surface area (Å²) in [6, 6.07) is 14.8. The first-order chi connectivity index (χ1) is 12.6. The number of anilines is 1. The summed E-state index contributed by atoms with van der Waals surface area (Å²) >= 11 is 0. The maximum absolute atomic E-state index is 12.4. The minimum atomic E-state index is -0.524. The van der Waals surface area contributed by atoms with Crippen LogP contribution in [0.5, 0.6) is 11.5 Å². The van der Waals surface area contributed by atoms with Gasteiger partial charge in [0.15, 0.2) is 5.76 Å². The van der Waals surface area contributed by atoms with Crippen LogP contribution in [0.3, 0.4) is 0 Å². The van der Waals surface area contributed by atoms with E-state index in [2.05, 4.69) is 5.32 Å². The lowest BCUT2D eigenvalue weighted by Gasteiger charge is -2.10. The third-order valence-electron chi connectivity index (χ3n) is 3.74. The van der Waals surface area contributed by atoms with Crippen molar-refractivity contribution < 1.29 is 23.5 Å². The predicted octanol–water partition coefficient (Wildman–Crippen LogP) is 4.07. The summed E-state index contributed by atoms with van der Waals surface area (Å²) in [5.74, 6) is 0.346. The van der Waals surface area contributed by atoms with Gasteiger partial charge in [-0.1, -0.05) is 6.07 Å². The SMILES string of the molecule is COc1ccc(OC(=O)c2ccc(C)c(NC(=O)c3ccco3)c2)cc1. The lowest BCUT2D eigenvalue weighted by molar-refractivity contribution is 0.0734. The van der Waals surface area contributed by atoms with Crippen LogP contribution in [0, 0.1) is 6.92 Å². The Labute approximate surface area is 150 Å². The average molecular weight is 351 g/mol. The second-order valence-electron chi connectivity index (χ2n) is 5.53. The maximum Gasteiger partial charge on any atom is 0.343 e. The second kappa shape index (κ2) is 7.57. The molecule has 6 heteroatoms. The number of aryl methyl sites for hydroxylation is 1. The van der Waals surface area contributed by atoms with Gasteiger partial charge in [-0.3, -0.25) is 4.79 Å². The van der Waals surface area contributed by atoms with Gasteiger partial charge in [-0.05, 0) is 61.0 Å². The van der Waals surface area contributed by atoms with Crippen molar-refractivity contribution >= 4 is 17.6 Å². The number of carbonyl (C=O) groups excluding carboxylic acids is 2. The molecular formula is C20H17NO5. The average Bonchev–Trinajstić information content (AvgIpc) is 3.19. The first kappa shape index (κ1) is 17.3. The Morgan fingerprint density at radius 2 is 1.73 bits per heavy atom. The van der Waals surface area contributed by atoms with E-state index in [1.165, 1.54) is 6.26 Å². The highest BCUT2D eigenvalue weighted by Gasteiger charge is 2.14. The molecule has 0 spiro atoms. The highest BCUT2D eigenvalue weighted by Crippen LogP contribution is 2.21. The van der Waals surface area contributed by atoms with Crippen molar-refractivity contribution in [3.05, 3.63) is 77.7 Å². The maximum atomic E-state index is 12.4. The van der Waals surface area contributed by atoms with E-state index in [-0.39, 0.29) is 5.76 Å². The van der Waals surface area contributed by atoms with Gasteiger partial charge in [0.1, 0.15) is 11.5 Å². The molecule has 0 atom stereocenters. The number of carbonyl (C=O) groups is 2. The molecule has 26 heavy (non-hydrogen) atoms. The third kappa shape index (κ3) is 3.92. The van der Waals surface area contributed by atoms with Crippen LogP contribution in [0.15, 0.2) is 65.3 Å². The summed E-state index contributed by atoms with van der Waals surface area (Å²) in [7, 11) is 1.56. The van der Waals surface area contributed by atoms with E-state index in [9.17, 15) is 9.59 Å². The van der Waals surface area contributed by atoms with Crippen molar-refractivity contribution in [1.29, 1.82) is 0 Å². The summed E-state index contributed by atoms with van der Waals surface area (Å²) < 4.78 is 15.5. The first-order valence-corrected chi connectivity index (χ1v) is 7.88. The number of methoxy groups -OCH3 is 1. The normalized spacial score (nSPS) is 10.2. The Bertz CT molecular complexity index is 914. The minimum absolute atomic E-state index is 0.190. The Balaban J connectivity index is 1.75. The molecule has 0 saturated heterocycles. The summed E-state index contributed by atoms with van der Waals surface area (Å²) in [6.45, 7) is 1.83. The Hall–Kier alpha value is -3.54. The zero-order valence-corrected chi connectivity index (χ0v) is 14.3. The van der Waals surface area contributed by atoms with E-state index in [1.54, 1.807) is 61.7 Å². The standard InChI is InChI=1S/C20H17NO5/c1-13-5-6-14(12-17(13)21-19(22)18-4-3-11-25-18)20(23)26-16-9-7-15(24-2)8-10-16/h3-12H,1-2H3,(H,21,22). The van der Waals surface area contributed by atoms with Crippen LogP contribution >= 0.6 is 0 Å². The van der Waals surface area contributed by atoms with Crippen LogP contribution < -0.4 is 14.8 Å². The fourth-order valence-corrected chi connectivity index (χ4v) is 2.29. The molecule has 1 heterocycles. The smallest absolute Gasteiger partial charge is 0.343 e. The predicted molar refractivity (Wildman–Crippen MR) is 95.8 cm³/mol. The van der Waals surface area contributed by atoms with Gasteiger partial charge in [-0.15, -0.1) is 0 Å². The molecule has 6 nitrogen and oxygen atoms in total. The number of ether oxygens (including phenoxy) is 2. The molecule has 0 aliphatic rings. The van der Waals surface area contributed by atoms with Crippen molar-refractivity contribution in [2.45, 2.75) is 6.92 Å². The zero-order valence-electron chi connectivity index (χ0n) is 14.3. The Morgan fingerprint density at radius 1 is 1.00 bits per heavy atom. The lowest BCUT2D eigenvalue weighted by atomic mass is 10.1. The molecule has 1 aromatic heterocycles. The molecule has 0 aliphatic carbocycles. The van der Waals surface area contributed by atoms with Gasteiger partial charge in [0.25, 0.3) is 5.91 Å². The fraction of sp³-hybridized carbons (Fsp3) is 0.100. The zero-order chi connectivity index (χ0) is 18.5. The minimum Gasteiger partial charge on any atom is -0.497 e. The van der Waals surface area contributed by atoms with Gasteiger partial charge in [0, 0.05) is 5.69 Å². The van der Waals surface area contributed by atoms with Gasteiger partial charge < -0.3 is 19.2 Å². The van der Waals surface area contributed by atoms with Crippen molar-refractivity contribution in [3.8, 4) is 11.5 Å². The fourth-order valence-electron chi connectivity index (χ4n) is 2.29. The van der Waals surface area contributed by atoms with E-state index in [4.69, 9.17) is 13.9 Å². The summed E-state index contributed by atoms with van der Waals surface area (Å²) in [5, 5.41) is 2.73. The van der Waals surface area contributed by atoms with Crippen molar-refractivity contribution in [2.75, 3.05) is 12.4 Å². The van der Waals surface area contributed by atoms with Gasteiger partial charge in [0.05, 0.1) is 18.9 Å². The quantitative estimate of drug-likeness (QED) is 0.554. The lowest BCUT2D eigenvalue weighted by Crippen LogP contribution is -2.14. The van der Waals surface area contributed by atoms with Crippen LogP contribution in [0.4, 0.5) is 5.69 Å². The van der Waals surface area contributed by atoms with Crippen molar-refractivity contribution in [1.82, 2.24) is 0 Å². The van der Waals surface area contributed by atoms with Gasteiger partial charge in [0.2, 0.25) is 0 Å². The highest BCUT2D eigenvalue weighted by molar-refractivity contribution is 6.03. The molecule has 0 bridgehead atoms. The van der Waals surface area contributed by atoms with Crippen LogP contribution in [-0.2, 0) is 0 Å². The first-order valence-electron chi connectivity index (χ1n) is 7.88. The van der Waals surface area contributed by atoms with Gasteiger partial charge in [-0.2, -0.15) is 0 Å². The number of hydrogen-bond acceptors (Lipinski definition) is 5. The van der Waals surface area contributed by atoms with Crippen LogP contribution in [0.1, 0.15) is 26.5 Å².